The molecule has 0 radical (unpaired) electrons. The van der Waals surface area contributed by atoms with Crippen molar-refractivity contribution in [2.45, 2.75) is 25.7 Å². The molecular weight excluding hydrogens is 258 g/mol. The van der Waals surface area contributed by atoms with Crippen LogP contribution >= 0.6 is 0 Å². The first-order valence-electron chi connectivity index (χ1n) is 6.71. The number of carbonyl (C=O) groups excluding carboxylic acids is 1. The molecule has 1 aliphatic carbocycles. The van der Waals surface area contributed by atoms with E-state index in [0.29, 0.717) is 12.3 Å². The first-order chi connectivity index (χ1) is 9.57. The highest BCUT2D eigenvalue weighted by atomic mass is 16.5. The largest absolute Gasteiger partial charge is 0.478 e. The molecule has 2 rings (SSSR count). The standard InChI is InChI=1S/C15H19NO4/c1-20-10-9-15(7-2-8-15)14(19)16-12-5-3-11(4-6-12)13(17)18/h3-6H,2,7-10H2,1H3,(H,16,19)(H,17,18). The Morgan fingerprint density at radius 2 is 1.95 bits per heavy atom. The van der Waals surface area contributed by atoms with Gasteiger partial charge >= 0.3 is 5.97 Å². The number of hydrogen-bond donors (Lipinski definition) is 2. The Hall–Kier alpha value is -1.88. The summed E-state index contributed by atoms with van der Waals surface area (Å²) in [5.41, 5.74) is 0.519. The van der Waals surface area contributed by atoms with Gasteiger partial charge in [-0.1, -0.05) is 6.42 Å². The van der Waals surface area contributed by atoms with E-state index < -0.39 is 5.97 Å². The van der Waals surface area contributed by atoms with Crippen LogP contribution in [0, 0.1) is 5.41 Å². The molecular formula is C15H19NO4. The predicted molar refractivity (Wildman–Crippen MR) is 74.8 cm³/mol. The predicted octanol–water partition coefficient (Wildman–Crippen LogP) is 2.53. The molecule has 0 atom stereocenters. The lowest BCUT2D eigenvalue weighted by atomic mass is 9.66. The fourth-order valence-corrected chi connectivity index (χ4v) is 2.45. The number of amides is 1. The highest BCUT2D eigenvalue weighted by Crippen LogP contribution is 2.44. The van der Waals surface area contributed by atoms with E-state index in [4.69, 9.17) is 9.84 Å². The summed E-state index contributed by atoms with van der Waals surface area (Å²) in [5, 5.41) is 11.7. The zero-order valence-corrected chi connectivity index (χ0v) is 11.5. The number of anilines is 1. The summed E-state index contributed by atoms with van der Waals surface area (Å²) in [5.74, 6) is -0.970. The van der Waals surface area contributed by atoms with Gasteiger partial charge in [0.2, 0.25) is 5.91 Å². The lowest BCUT2D eigenvalue weighted by Crippen LogP contribution is -2.42. The molecule has 1 amide bonds. The van der Waals surface area contributed by atoms with Crippen molar-refractivity contribution in [2.75, 3.05) is 19.0 Å². The number of hydrogen-bond acceptors (Lipinski definition) is 3. The van der Waals surface area contributed by atoms with E-state index in [9.17, 15) is 9.59 Å². The van der Waals surface area contributed by atoms with Crippen molar-refractivity contribution in [1.29, 1.82) is 0 Å². The highest BCUT2D eigenvalue weighted by molar-refractivity contribution is 5.96. The molecule has 20 heavy (non-hydrogen) atoms. The van der Waals surface area contributed by atoms with Gasteiger partial charge in [-0.3, -0.25) is 4.79 Å². The van der Waals surface area contributed by atoms with E-state index in [1.807, 2.05) is 0 Å². The SMILES string of the molecule is COCCC1(C(=O)Nc2ccc(C(=O)O)cc2)CCC1. The van der Waals surface area contributed by atoms with E-state index in [0.717, 1.165) is 25.7 Å². The van der Waals surface area contributed by atoms with Crippen LogP contribution in [0.4, 0.5) is 5.69 Å². The van der Waals surface area contributed by atoms with E-state index in [1.54, 1.807) is 19.2 Å². The van der Waals surface area contributed by atoms with Crippen molar-refractivity contribution >= 4 is 17.6 Å². The molecule has 0 heterocycles. The van der Waals surface area contributed by atoms with E-state index in [-0.39, 0.29) is 16.9 Å². The van der Waals surface area contributed by atoms with Crippen molar-refractivity contribution in [1.82, 2.24) is 0 Å². The number of ether oxygens (including phenoxy) is 1. The van der Waals surface area contributed by atoms with Crippen LogP contribution in [0.3, 0.4) is 0 Å². The second-order valence-electron chi connectivity index (χ2n) is 5.21. The van der Waals surface area contributed by atoms with Gasteiger partial charge in [0.05, 0.1) is 11.0 Å². The van der Waals surface area contributed by atoms with E-state index in [1.165, 1.54) is 12.1 Å². The molecule has 0 aromatic heterocycles. The number of rotatable bonds is 6. The normalized spacial score (nSPS) is 16.2. The van der Waals surface area contributed by atoms with Crippen molar-refractivity contribution in [2.24, 2.45) is 5.41 Å². The molecule has 2 N–H and O–H groups in total. The molecule has 0 spiro atoms. The van der Waals surface area contributed by atoms with E-state index in [2.05, 4.69) is 5.32 Å². The minimum atomic E-state index is -0.974. The quantitative estimate of drug-likeness (QED) is 0.837. The number of carboxylic acid groups (broad SMARTS) is 1. The van der Waals surface area contributed by atoms with Crippen molar-refractivity contribution < 1.29 is 19.4 Å². The number of benzene rings is 1. The van der Waals surface area contributed by atoms with Gasteiger partial charge < -0.3 is 15.2 Å². The maximum absolute atomic E-state index is 12.4. The Labute approximate surface area is 117 Å². The highest BCUT2D eigenvalue weighted by Gasteiger charge is 2.43. The van der Waals surface area contributed by atoms with Crippen LogP contribution in [-0.2, 0) is 9.53 Å². The number of aromatic carboxylic acids is 1. The zero-order chi connectivity index (χ0) is 14.6. The van der Waals surface area contributed by atoms with Gasteiger partial charge in [-0.2, -0.15) is 0 Å². The third-order valence-electron chi connectivity index (χ3n) is 3.97. The summed E-state index contributed by atoms with van der Waals surface area (Å²) in [6.07, 6.45) is 3.56. The number of carboxylic acids is 1. The lowest BCUT2D eigenvalue weighted by Gasteiger charge is -2.40. The van der Waals surface area contributed by atoms with Gasteiger partial charge in [0.1, 0.15) is 0 Å². The maximum Gasteiger partial charge on any atom is 0.335 e. The van der Waals surface area contributed by atoms with Gasteiger partial charge in [-0.05, 0) is 43.5 Å². The number of methoxy groups -OCH3 is 1. The number of carbonyl (C=O) groups is 2. The third kappa shape index (κ3) is 2.99. The Morgan fingerprint density at radius 3 is 2.40 bits per heavy atom. The van der Waals surface area contributed by atoms with Crippen molar-refractivity contribution in [3.8, 4) is 0 Å². The van der Waals surface area contributed by atoms with Crippen LogP contribution in [0.25, 0.3) is 0 Å². The Kier molecular flexibility index (Phi) is 4.39. The van der Waals surface area contributed by atoms with Crippen molar-refractivity contribution in [3.05, 3.63) is 29.8 Å². The van der Waals surface area contributed by atoms with Gasteiger partial charge in [-0.25, -0.2) is 4.79 Å². The van der Waals surface area contributed by atoms with Crippen LogP contribution < -0.4 is 5.32 Å². The monoisotopic (exact) mass is 277 g/mol. The Balaban J connectivity index is 2.01. The summed E-state index contributed by atoms with van der Waals surface area (Å²) in [4.78, 5) is 23.1. The molecule has 1 fully saturated rings. The second kappa shape index (κ2) is 6.05. The molecule has 0 saturated heterocycles. The summed E-state index contributed by atoms with van der Waals surface area (Å²) in [7, 11) is 1.63. The Morgan fingerprint density at radius 1 is 1.30 bits per heavy atom. The average molecular weight is 277 g/mol. The molecule has 1 aromatic carbocycles. The topological polar surface area (TPSA) is 75.6 Å². The molecule has 108 valence electrons. The van der Waals surface area contributed by atoms with Crippen LogP contribution in [-0.4, -0.2) is 30.7 Å². The van der Waals surface area contributed by atoms with E-state index >= 15 is 0 Å². The molecule has 5 heteroatoms. The van der Waals surface area contributed by atoms with Crippen LogP contribution in [0.15, 0.2) is 24.3 Å². The average Bonchev–Trinajstić information content (AvgIpc) is 2.38. The smallest absolute Gasteiger partial charge is 0.335 e. The maximum atomic E-state index is 12.4. The first kappa shape index (κ1) is 14.5. The van der Waals surface area contributed by atoms with Gasteiger partial charge in [0.15, 0.2) is 0 Å². The van der Waals surface area contributed by atoms with Gasteiger partial charge in [-0.15, -0.1) is 0 Å². The van der Waals surface area contributed by atoms with Crippen LogP contribution in [0.1, 0.15) is 36.0 Å². The van der Waals surface area contributed by atoms with Gasteiger partial charge in [0, 0.05) is 19.4 Å². The van der Waals surface area contributed by atoms with Gasteiger partial charge in [0.25, 0.3) is 0 Å². The summed E-state index contributed by atoms with van der Waals surface area (Å²) in [6, 6.07) is 6.20. The minimum Gasteiger partial charge on any atom is -0.478 e. The minimum absolute atomic E-state index is 0.00359. The lowest BCUT2D eigenvalue weighted by molar-refractivity contribution is -0.131. The molecule has 0 bridgehead atoms. The zero-order valence-electron chi connectivity index (χ0n) is 11.5. The van der Waals surface area contributed by atoms with Crippen LogP contribution in [0.5, 0.6) is 0 Å². The summed E-state index contributed by atoms with van der Waals surface area (Å²) in [6.45, 7) is 0.575. The summed E-state index contributed by atoms with van der Waals surface area (Å²) >= 11 is 0. The fourth-order valence-electron chi connectivity index (χ4n) is 2.45. The summed E-state index contributed by atoms with van der Waals surface area (Å²) < 4.78 is 5.07. The third-order valence-corrected chi connectivity index (χ3v) is 3.97. The second-order valence-corrected chi connectivity index (χ2v) is 5.21. The molecule has 1 aromatic rings. The van der Waals surface area contributed by atoms with Crippen LogP contribution in [0.2, 0.25) is 0 Å². The Bertz CT molecular complexity index is 491. The van der Waals surface area contributed by atoms with Crippen molar-refractivity contribution in [3.63, 3.8) is 0 Å². The molecule has 5 nitrogen and oxygen atoms in total. The number of nitrogens with one attached hydrogen (secondary N) is 1. The molecule has 1 aliphatic rings. The fraction of sp³-hybridized carbons (Fsp3) is 0.467. The first-order valence-corrected chi connectivity index (χ1v) is 6.71. The molecule has 0 unspecified atom stereocenters. The molecule has 1 saturated carbocycles. The molecule has 0 aliphatic heterocycles.